The number of thiazole rings is 1. The van der Waals surface area contributed by atoms with E-state index in [4.69, 9.17) is 4.74 Å². The number of nitrogens with zero attached hydrogens (tertiary/aromatic N) is 2. The second-order valence-corrected chi connectivity index (χ2v) is 6.45. The maximum absolute atomic E-state index is 14.0. The average molecular weight is 445 g/mol. The van der Waals surface area contributed by atoms with Gasteiger partial charge in [0.2, 0.25) is 5.82 Å². The van der Waals surface area contributed by atoms with E-state index >= 15 is 0 Å². The molecule has 0 unspecified atom stereocenters. The number of amides is 1. The average Bonchev–Trinajstić information content (AvgIpc) is 3.08. The van der Waals surface area contributed by atoms with Gasteiger partial charge < -0.3 is 4.74 Å². The van der Waals surface area contributed by atoms with Gasteiger partial charge in [0, 0.05) is 28.8 Å². The fourth-order valence-electron chi connectivity index (χ4n) is 2.30. The summed E-state index contributed by atoms with van der Waals surface area (Å²) < 4.78 is 70.3. The first kappa shape index (κ1) is 21.1. The van der Waals surface area contributed by atoms with Crippen molar-refractivity contribution in [1.29, 1.82) is 0 Å². The van der Waals surface area contributed by atoms with Crippen LogP contribution in [0, 0.1) is 21.7 Å². The van der Waals surface area contributed by atoms with Gasteiger partial charge >= 0.3 is 18.0 Å². The molecule has 30 heavy (non-hydrogen) atoms. The molecule has 3 rings (SSSR count). The number of hydrogen-bond acceptors (Lipinski definition) is 6. The van der Waals surface area contributed by atoms with Gasteiger partial charge in [-0.05, 0) is 18.2 Å². The molecule has 1 aromatic heterocycles. The first-order valence-electron chi connectivity index (χ1n) is 7.80. The Balaban J connectivity index is 1.76. The zero-order valence-electron chi connectivity index (χ0n) is 14.4. The van der Waals surface area contributed by atoms with Crippen molar-refractivity contribution < 1.29 is 36.4 Å². The summed E-state index contributed by atoms with van der Waals surface area (Å²) in [6.07, 6.45) is -5.77. The number of nitro groups is 1. The number of hydrogen-bond donors (Lipinski definition) is 1. The van der Waals surface area contributed by atoms with Crippen LogP contribution in [0.15, 0.2) is 41.8 Å². The molecule has 0 saturated heterocycles. The minimum Gasteiger partial charge on any atom is -0.381 e. The maximum Gasteiger partial charge on any atom is 0.419 e. The lowest BCUT2D eigenvalue weighted by molar-refractivity contribution is -0.387. The smallest absolute Gasteiger partial charge is 0.381 e. The number of nitrogens with one attached hydrogen (secondary N) is 1. The van der Waals surface area contributed by atoms with Gasteiger partial charge in [-0.1, -0.05) is 17.4 Å². The van der Waals surface area contributed by atoms with Crippen molar-refractivity contribution in [2.24, 2.45) is 0 Å². The molecular weight excluding hydrogens is 437 g/mol. The maximum atomic E-state index is 14.0. The number of halogens is 5. The summed E-state index contributed by atoms with van der Waals surface area (Å²) in [7, 11) is 0. The van der Waals surface area contributed by atoms with Crippen molar-refractivity contribution in [3.05, 3.63) is 69.1 Å². The number of nitro benzene ring substituents is 1. The molecule has 0 fully saturated rings. The molecule has 0 saturated carbocycles. The van der Waals surface area contributed by atoms with E-state index in [0.717, 1.165) is 12.1 Å². The molecular formula is C17H8F5N3O4S. The number of carbonyl (C=O) groups is 1. The Morgan fingerprint density at radius 1 is 1.17 bits per heavy atom. The summed E-state index contributed by atoms with van der Waals surface area (Å²) in [6.45, 7) is 0. The molecule has 1 N–H and O–H groups in total. The third-order valence-electron chi connectivity index (χ3n) is 3.61. The molecule has 0 aliphatic rings. The molecule has 0 aliphatic heterocycles. The Hall–Kier alpha value is -3.61. The summed E-state index contributed by atoms with van der Waals surface area (Å²) in [4.78, 5) is 25.4. The van der Waals surface area contributed by atoms with Crippen molar-refractivity contribution >= 4 is 28.8 Å². The molecule has 0 spiro atoms. The van der Waals surface area contributed by atoms with E-state index in [-0.39, 0.29) is 16.6 Å². The fourth-order valence-corrected chi connectivity index (χ4v) is 2.96. The third kappa shape index (κ3) is 4.68. The number of aromatic nitrogens is 1. The van der Waals surface area contributed by atoms with Gasteiger partial charge in [-0.3, -0.25) is 15.4 Å². The molecule has 0 atom stereocenters. The quantitative estimate of drug-likeness (QED) is 0.319. The third-order valence-corrected chi connectivity index (χ3v) is 4.33. The topological polar surface area (TPSA) is 94.4 Å². The summed E-state index contributed by atoms with van der Waals surface area (Å²) in [6, 6.07) is 4.78. The molecule has 156 valence electrons. The SMILES string of the molecule is O=C(Nc1cccc(C(F)(F)F)c1)Oc1nc(-c2cc([N+](=O)[O-])c(F)cc2F)cs1. The van der Waals surface area contributed by atoms with Crippen molar-refractivity contribution in [3.63, 3.8) is 0 Å². The van der Waals surface area contributed by atoms with Crippen LogP contribution in [0.1, 0.15) is 5.56 Å². The molecule has 2 aromatic carbocycles. The van der Waals surface area contributed by atoms with E-state index in [1.807, 2.05) is 0 Å². The first-order valence-corrected chi connectivity index (χ1v) is 8.68. The molecule has 3 aromatic rings. The lowest BCUT2D eigenvalue weighted by atomic mass is 10.1. The summed E-state index contributed by atoms with van der Waals surface area (Å²) in [5.41, 5.74) is -2.70. The second-order valence-electron chi connectivity index (χ2n) is 5.63. The van der Waals surface area contributed by atoms with Crippen LogP contribution < -0.4 is 10.1 Å². The van der Waals surface area contributed by atoms with E-state index in [1.54, 1.807) is 0 Å². The lowest BCUT2D eigenvalue weighted by Crippen LogP contribution is -2.17. The molecule has 0 bridgehead atoms. The Bertz CT molecular complexity index is 1130. The van der Waals surface area contributed by atoms with Crippen molar-refractivity contribution in [1.82, 2.24) is 4.98 Å². The van der Waals surface area contributed by atoms with E-state index in [9.17, 15) is 36.9 Å². The highest BCUT2D eigenvalue weighted by molar-refractivity contribution is 7.11. The summed E-state index contributed by atoms with van der Waals surface area (Å²) in [5, 5.41) is 13.8. The zero-order valence-corrected chi connectivity index (χ0v) is 15.2. The number of rotatable bonds is 4. The van der Waals surface area contributed by atoms with E-state index < -0.39 is 45.6 Å². The molecule has 0 aliphatic carbocycles. The zero-order chi connectivity index (χ0) is 22.1. The second kappa shape index (κ2) is 8.02. The summed E-state index contributed by atoms with van der Waals surface area (Å²) >= 11 is 0.713. The predicted octanol–water partition coefficient (Wildman–Crippen LogP) is 5.63. The molecule has 7 nitrogen and oxygen atoms in total. The minimum atomic E-state index is -4.60. The van der Waals surface area contributed by atoms with Gasteiger partial charge in [0.05, 0.1) is 16.2 Å². The van der Waals surface area contributed by atoms with Gasteiger partial charge in [0.15, 0.2) is 0 Å². The molecule has 1 heterocycles. The van der Waals surface area contributed by atoms with Crippen molar-refractivity contribution in [3.8, 4) is 16.5 Å². The molecule has 13 heteroatoms. The molecule has 1 amide bonds. The highest BCUT2D eigenvalue weighted by Gasteiger charge is 2.30. The number of alkyl halides is 3. The predicted molar refractivity (Wildman–Crippen MR) is 95.2 cm³/mol. The monoisotopic (exact) mass is 445 g/mol. The number of benzene rings is 2. The number of anilines is 1. The number of ether oxygens (including phenoxy) is 1. The highest BCUT2D eigenvalue weighted by atomic mass is 32.1. The normalized spacial score (nSPS) is 11.2. The van der Waals surface area contributed by atoms with Crippen LogP contribution in [-0.4, -0.2) is 16.0 Å². The van der Waals surface area contributed by atoms with Gasteiger partial charge in [0.25, 0.3) is 5.19 Å². The van der Waals surface area contributed by atoms with Crippen molar-refractivity contribution in [2.45, 2.75) is 6.18 Å². The van der Waals surface area contributed by atoms with Gasteiger partial charge in [-0.2, -0.15) is 17.6 Å². The molecule has 0 radical (unpaired) electrons. The van der Waals surface area contributed by atoms with Crippen LogP contribution in [-0.2, 0) is 6.18 Å². The van der Waals surface area contributed by atoms with Crippen LogP contribution >= 0.6 is 11.3 Å². The van der Waals surface area contributed by atoms with Gasteiger partial charge in [0.1, 0.15) is 5.82 Å². The minimum absolute atomic E-state index is 0.164. The van der Waals surface area contributed by atoms with Gasteiger partial charge in [-0.15, -0.1) is 0 Å². The Labute approximate surface area is 167 Å². The van der Waals surface area contributed by atoms with Crippen LogP contribution in [0.2, 0.25) is 0 Å². The summed E-state index contributed by atoms with van der Waals surface area (Å²) in [5.74, 6) is -2.49. The van der Waals surface area contributed by atoms with E-state index in [1.165, 1.54) is 11.4 Å². The number of carbonyl (C=O) groups excluding carboxylic acids is 1. The van der Waals surface area contributed by atoms with Crippen LogP contribution in [0.25, 0.3) is 11.3 Å². The Morgan fingerprint density at radius 3 is 2.57 bits per heavy atom. The lowest BCUT2D eigenvalue weighted by Gasteiger charge is -2.09. The van der Waals surface area contributed by atoms with Crippen LogP contribution in [0.3, 0.4) is 0 Å². The van der Waals surface area contributed by atoms with E-state index in [2.05, 4.69) is 10.3 Å². The van der Waals surface area contributed by atoms with Crippen LogP contribution in [0.4, 0.5) is 38.1 Å². The Morgan fingerprint density at radius 2 is 1.90 bits per heavy atom. The first-order chi connectivity index (χ1) is 14.0. The van der Waals surface area contributed by atoms with Crippen LogP contribution in [0.5, 0.6) is 5.19 Å². The highest BCUT2D eigenvalue weighted by Crippen LogP contribution is 2.33. The van der Waals surface area contributed by atoms with Crippen molar-refractivity contribution in [2.75, 3.05) is 5.32 Å². The van der Waals surface area contributed by atoms with Gasteiger partial charge in [-0.25, -0.2) is 14.2 Å². The Kier molecular flexibility index (Phi) is 5.64. The largest absolute Gasteiger partial charge is 0.419 e. The van der Waals surface area contributed by atoms with E-state index in [0.29, 0.717) is 29.5 Å². The fraction of sp³-hybridized carbons (Fsp3) is 0.0588. The standard InChI is InChI=1S/C17H8F5N3O4S/c18-11-6-12(19)14(25(27)28)5-10(11)13-7-30-16(24-13)29-15(26)23-9-3-1-2-8(4-9)17(20,21)22/h1-7H,(H,23,26).